The number of ether oxygens (including phenoxy) is 1. The summed E-state index contributed by atoms with van der Waals surface area (Å²) in [6, 6.07) is 32.4. The van der Waals surface area contributed by atoms with E-state index in [-0.39, 0.29) is 11.8 Å². The van der Waals surface area contributed by atoms with Crippen molar-refractivity contribution in [3.8, 4) is 0 Å². The lowest BCUT2D eigenvalue weighted by Gasteiger charge is -2.44. The fourth-order valence-corrected chi connectivity index (χ4v) is 5.87. The van der Waals surface area contributed by atoms with Gasteiger partial charge in [-0.2, -0.15) is 0 Å². The zero-order valence-electron chi connectivity index (χ0n) is 15.9. The van der Waals surface area contributed by atoms with E-state index in [4.69, 9.17) is 4.74 Å². The van der Waals surface area contributed by atoms with E-state index in [2.05, 4.69) is 109 Å². The highest BCUT2D eigenvalue weighted by Gasteiger charge is 2.74. The van der Waals surface area contributed by atoms with Gasteiger partial charge in [0.05, 0.1) is 5.54 Å². The molecule has 3 aromatic carbocycles. The van der Waals surface area contributed by atoms with Crippen molar-refractivity contribution in [3.63, 3.8) is 0 Å². The predicted molar refractivity (Wildman–Crippen MR) is 111 cm³/mol. The Morgan fingerprint density at radius 3 is 1.96 bits per heavy atom. The molecule has 5 unspecified atom stereocenters. The van der Waals surface area contributed by atoms with Gasteiger partial charge in [-0.3, -0.25) is 5.32 Å². The molecule has 0 aromatic heterocycles. The Kier molecular flexibility index (Phi) is 3.30. The molecular formula is C26H23NO. The SMILES string of the molecule is CC1C2NC3(c4ccccc4)C=C(c4ccccc4)C1C3(c1ccccc1)O2. The Morgan fingerprint density at radius 1 is 0.750 bits per heavy atom. The van der Waals surface area contributed by atoms with E-state index in [0.717, 1.165) is 0 Å². The highest BCUT2D eigenvalue weighted by Crippen LogP contribution is 2.69. The van der Waals surface area contributed by atoms with E-state index in [1.807, 2.05) is 0 Å². The van der Waals surface area contributed by atoms with Crippen LogP contribution in [0.25, 0.3) is 5.57 Å². The molecule has 0 saturated carbocycles. The molecule has 2 heteroatoms. The molecule has 3 aliphatic rings. The summed E-state index contributed by atoms with van der Waals surface area (Å²) in [7, 11) is 0. The van der Waals surface area contributed by atoms with Gasteiger partial charge >= 0.3 is 0 Å². The van der Waals surface area contributed by atoms with E-state index in [1.165, 1.54) is 22.3 Å². The summed E-state index contributed by atoms with van der Waals surface area (Å²) in [6.07, 6.45) is 2.50. The van der Waals surface area contributed by atoms with E-state index in [0.29, 0.717) is 11.8 Å². The lowest BCUT2D eigenvalue weighted by atomic mass is 9.64. The summed E-state index contributed by atoms with van der Waals surface area (Å²) in [5, 5.41) is 3.90. The third-order valence-corrected chi connectivity index (χ3v) is 6.96. The van der Waals surface area contributed by atoms with Crippen molar-refractivity contribution in [3.05, 3.63) is 114 Å². The summed E-state index contributed by atoms with van der Waals surface area (Å²) < 4.78 is 6.89. The Hall–Kier alpha value is -2.68. The molecule has 0 radical (unpaired) electrons. The van der Waals surface area contributed by atoms with Crippen molar-refractivity contribution in [2.24, 2.45) is 11.8 Å². The first kappa shape index (κ1) is 16.3. The van der Waals surface area contributed by atoms with Crippen molar-refractivity contribution in [2.75, 3.05) is 0 Å². The number of fused-ring (bicyclic) bond motifs is 1. The van der Waals surface area contributed by atoms with E-state index in [9.17, 15) is 0 Å². The van der Waals surface area contributed by atoms with Gasteiger partial charge in [-0.05, 0) is 22.3 Å². The maximum absolute atomic E-state index is 6.89. The summed E-state index contributed by atoms with van der Waals surface area (Å²) in [5.41, 5.74) is 4.43. The smallest absolute Gasteiger partial charge is 0.128 e. The van der Waals surface area contributed by atoms with E-state index < -0.39 is 5.60 Å². The number of benzene rings is 3. The van der Waals surface area contributed by atoms with Crippen molar-refractivity contribution < 1.29 is 4.74 Å². The predicted octanol–water partition coefficient (Wildman–Crippen LogP) is 5.09. The van der Waals surface area contributed by atoms with Crippen LogP contribution in [0.5, 0.6) is 0 Å². The molecule has 28 heavy (non-hydrogen) atoms. The molecule has 1 N–H and O–H groups in total. The minimum Gasteiger partial charge on any atom is -0.349 e. The highest BCUT2D eigenvalue weighted by molar-refractivity contribution is 5.77. The van der Waals surface area contributed by atoms with Gasteiger partial charge in [0, 0.05) is 11.8 Å². The second-order valence-corrected chi connectivity index (χ2v) is 8.26. The first-order valence-electron chi connectivity index (χ1n) is 10.1. The number of rotatable bonds is 3. The van der Waals surface area contributed by atoms with Gasteiger partial charge in [-0.25, -0.2) is 0 Å². The van der Waals surface area contributed by atoms with Crippen LogP contribution in [0.4, 0.5) is 0 Å². The van der Waals surface area contributed by atoms with Crippen molar-refractivity contribution in [1.82, 2.24) is 5.32 Å². The lowest BCUT2D eigenvalue weighted by molar-refractivity contribution is -0.0228. The monoisotopic (exact) mass is 365 g/mol. The molecular weight excluding hydrogens is 342 g/mol. The molecule has 3 aromatic rings. The third-order valence-electron chi connectivity index (χ3n) is 6.96. The van der Waals surface area contributed by atoms with Crippen LogP contribution in [-0.2, 0) is 15.9 Å². The standard InChI is InChI=1S/C26H23NO/c1-18-23-22(19-11-5-2-6-12-19)17-25(20-13-7-3-8-14-20)26(23,28-24(18)27-25)21-15-9-4-10-16-21/h2-18,23-24,27H,1H3. The molecule has 0 spiro atoms. The van der Waals surface area contributed by atoms with Crippen LogP contribution in [0.2, 0.25) is 0 Å². The van der Waals surface area contributed by atoms with E-state index >= 15 is 0 Å². The van der Waals surface area contributed by atoms with Crippen LogP contribution in [0.1, 0.15) is 23.6 Å². The summed E-state index contributed by atoms with van der Waals surface area (Å²) in [4.78, 5) is 0. The van der Waals surface area contributed by atoms with Crippen LogP contribution in [-0.4, -0.2) is 6.23 Å². The normalized spacial score (nSPS) is 35.2. The van der Waals surface area contributed by atoms with Gasteiger partial charge in [-0.1, -0.05) is 104 Å². The first-order chi connectivity index (χ1) is 13.8. The van der Waals surface area contributed by atoms with Crippen LogP contribution < -0.4 is 5.32 Å². The molecule has 6 rings (SSSR count). The fraction of sp³-hybridized carbons (Fsp3) is 0.231. The van der Waals surface area contributed by atoms with Gasteiger partial charge in [0.2, 0.25) is 0 Å². The van der Waals surface area contributed by atoms with Gasteiger partial charge < -0.3 is 4.74 Å². The number of hydrogen-bond acceptors (Lipinski definition) is 2. The number of nitrogens with one attached hydrogen (secondary N) is 1. The van der Waals surface area contributed by atoms with Crippen molar-refractivity contribution in [2.45, 2.75) is 24.3 Å². The van der Waals surface area contributed by atoms with Gasteiger partial charge in [-0.15, -0.1) is 0 Å². The summed E-state index contributed by atoms with van der Waals surface area (Å²) in [5.74, 6) is 0.703. The quantitative estimate of drug-likeness (QED) is 0.698. The molecule has 0 amide bonds. The van der Waals surface area contributed by atoms with Crippen LogP contribution >= 0.6 is 0 Å². The van der Waals surface area contributed by atoms with Gasteiger partial charge in [0.25, 0.3) is 0 Å². The van der Waals surface area contributed by atoms with Crippen molar-refractivity contribution in [1.29, 1.82) is 0 Å². The molecule has 2 nitrogen and oxygen atoms in total. The highest BCUT2D eigenvalue weighted by atomic mass is 16.5. The Bertz CT molecular complexity index is 1050. The third kappa shape index (κ3) is 1.85. The maximum atomic E-state index is 6.89. The fourth-order valence-electron chi connectivity index (χ4n) is 5.87. The first-order valence-corrected chi connectivity index (χ1v) is 10.1. The molecule has 138 valence electrons. The minimum absolute atomic E-state index is 0.0443. The zero-order chi connectivity index (χ0) is 18.8. The second kappa shape index (κ2) is 5.66. The molecule has 2 aliphatic heterocycles. The van der Waals surface area contributed by atoms with Gasteiger partial charge in [0.15, 0.2) is 0 Å². The molecule has 2 bridgehead atoms. The van der Waals surface area contributed by atoms with Crippen molar-refractivity contribution >= 4 is 5.57 Å². The largest absolute Gasteiger partial charge is 0.349 e. The molecule has 1 aliphatic carbocycles. The Morgan fingerprint density at radius 2 is 1.32 bits per heavy atom. The molecule has 2 heterocycles. The lowest BCUT2D eigenvalue weighted by Crippen LogP contribution is -2.56. The topological polar surface area (TPSA) is 21.3 Å². The maximum Gasteiger partial charge on any atom is 0.128 e. The van der Waals surface area contributed by atoms with Crippen LogP contribution in [0.3, 0.4) is 0 Å². The summed E-state index contributed by atoms with van der Waals surface area (Å²) >= 11 is 0. The molecule has 2 fully saturated rings. The number of piperidine rings is 1. The second-order valence-electron chi connectivity index (χ2n) is 8.26. The average Bonchev–Trinajstić information content (AvgIpc) is 3.32. The van der Waals surface area contributed by atoms with Crippen LogP contribution in [0, 0.1) is 11.8 Å². The van der Waals surface area contributed by atoms with Gasteiger partial charge in [0.1, 0.15) is 11.8 Å². The minimum atomic E-state index is -0.426. The van der Waals surface area contributed by atoms with E-state index in [1.54, 1.807) is 0 Å². The average molecular weight is 365 g/mol. The molecule has 2 saturated heterocycles. The Balaban J connectivity index is 1.66. The molecule has 5 atom stereocenters. The zero-order valence-corrected chi connectivity index (χ0v) is 15.9. The van der Waals surface area contributed by atoms with Crippen LogP contribution in [0.15, 0.2) is 97.1 Å². The number of hydrogen-bond donors (Lipinski definition) is 1. The summed E-state index contributed by atoms with van der Waals surface area (Å²) in [6.45, 7) is 2.32. The Labute approximate surface area is 165 Å².